The van der Waals surface area contributed by atoms with Crippen LogP contribution in [0.25, 0.3) is 0 Å². The molecule has 0 aromatic rings. The van der Waals surface area contributed by atoms with E-state index in [-0.39, 0.29) is 11.7 Å². The highest BCUT2D eigenvalue weighted by molar-refractivity contribution is 7.83. The molecule has 120 valence electrons. The maximum Gasteiger partial charge on any atom is 0.303 e. The topological polar surface area (TPSA) is 77.5 Å². The Kier molecular flexibility index (Phi) is 2.62. The first kappa shape index (κ1) is 14.9. The average molecular weight is 342 g/mol. The zero-order chi connectivity index (χ0) is 16.1. The second kappa shape index (κ2) is 3.87. The highest BCUT2D eigenvalue weighted by Gasteiger charge is 2.77. The molecule has 5 rings (SSSR count). The van der Waals surface area contributed by atoms with Gasteiger partial charge in [0.1, 0.15) is 12.7 Å². The standard InChI is InChI=1S/C15H20O5P2/c1-9-4-11(17)13-14(3)5-15(20-10(2)16)7-21(18,6-14)8-22(13,19)12(9)15/h4,12-13H,5-8H2,1-3H3. The quantitative estimate of drug-likeness (QED) is 0.541. The molecule has 5 nitrogen and oxygen atoms in total. The fraction of sp³-hybridized carbons (Fsp3) is 0.733. The predicted octanol–water partition coefficient (Wildman–Crippen LogP) is 2.68. The molecule has 7 heteroatoms. The Morgan fingerprint density at radius 3 is 2.64 bits per heavy atom. The van der Waals surface area contributed by atoms with Crippen LogP contribution in [0, 0.1) is 5.41 Å². The molecule has 0 N–H and O–H groups in total. The third-order valence-electron chi connectivity index (χ3n) is 5.84. The van der Waals surface area contributed by atoms with Crippen LogP contribution in [0.1, 0.15) is 27.2 Å². The fourth-order valence-electron chi connectivity index (χ4n) is 6.22. The SMILES string of the molecule is CC(=O)OC12CC3(C)CP(=O)(C1)CP1(=O)C3C(=O)C=C(C)C21. The van der Waals surface area contributed by atoms with Gasteiger partial charge in [-0.15, -0.1) is 0 Å². The molecule has 6 unspecified atom stereocenters. The van der Waals surface area contributed by atoms with E-state index in [9.17, 15) is 18.7 Å². The van der Waals surface area contributed by atoms with Gasteiger partial charge in [0.2, 0.25) is 0 Å². The number of carbonyl (C=O) groups excluding carboxylic acids is 2. The summed E-state index contributed by atoms with van der Waals surface area (Å²) in [5.74, 6) is -0.318. The van der Waals surface area contributed by atoms with Crippen LogP contribution < -0.4 is 0 Å². The Balaban J connectivity index is 2.03. The van der Waals surface area contributed by atoms with Crippen LogP contribution in [0.4, 0.5) is 0 Å². The van der Waals surface area contributed by atoms with Crippen LogP contribution in [0.2, 0.25) is 0 Å². The van der Waals surface area contributed by atoms with Crippen molar-refractivity contribution < 1.29 is 23.5 Å². The van der Waals surface area contributed by atoms with Gasteiger partial charge in [0.15, 0.2) is 5.78 Å². The Labute approximate surface area is 129 Å². The summed E-state index contributed by atoms with van der Waals surface area (Å²) in [5, 5.41) is 0. The van der Waals surface area contributed by atoms with Crippen LogP contribution in [0.15, 0.2) is 11.6 Å². The monoisotopic (exact) mass is 342 g/mol. The summed E-state index contributed by atoms with van der Waals surface area (Å²) in [6.45, 7) is 5.05. The Morgan fingerprint density at radius 2 is 2.00 bits per heavy atom. The first-order chi connectivity index (χ1) is 10.0. The summed E-state index contributed by atoms with van der Waals surface area (Å²) >= 11 is 0. The predicted molar refractivity (Wildman–Crippen MR) is 83.4 cm³/mol. The Bertz CT molecular complexity index is 753. The molecular weight excluding hydrogens is 322 g/mol. The summed E-state index contributed by atoms with van der Waals surface area (Å²) < 4.78 is 32.8. The van der Waals surface area contributed by atoms with Crippen LogP contribution in [0.3, 0.4) is 0 Å². The minimum absolute atomic E-state index is 0.0795. The van der Waals surface area contributed by atoms with Crippen molar-refractivity contribution in [2.45, 2.75) is 44.1 Å². The van der Waals surface area contributed by atoms with Crippen molar-refractivity contribution in [1.29, 1.82) is 0 Å². The van der Waals surface area contributed by atoms with E-state index in [4.69, 9.17) is 4.74 Å². The largest absolute Gasteiger partial charge is 0.458 e. The highest BCUT2D eigenvalue weighted by atomic mass is 31.2. The first-order valence-electron chi connectivity index (χ1n) is 7.61. The van der Waals surface area contributed by atoms with Gasteiger partial charge in [0, 0.05) is 19.2 Å². The van der Waals surface area contributed by atoms with Crippen molar-refractivity contribution in [1.82, 2.24) is 0 Å². The number of ketones is 1. The number of ether oxygens (including phenoxy) is 1. The first-order valence-corrected chi connectivity index (χ1v) is 11.9. The van der Waals surface area contributed by atoms with Gasteiger partial charge in [-0.2, -0.15) is 0 Å². The second-order valence-electron chi connectivity index (χ2n) is 7.95. The third-order valence-corrected chi connectivity index (χ3v) is 15.6. The lowest BCUT2D eigenvalue weighted by atomic mass is 9.71. The molecule has 0 spiro atoms. The van der Waals surface area contributed by atoms with Gasteiger partial charge < -0.3 is 13.9 Å². The molecule has 4 fully saturated rings. The van der Waals surface area contributed by atoms with E-state index in [1.807, 2.05) is 6.92 Å². The van der Waals surface area contributed by atoms with Crippen molar-refractivity contribution in [3.63, 3.8) is 0 Å². The molecule has 0 amide bonds. The van der Waals surface area contributed by atoms with Crippen molar-refractivity contribution in [2.24, 2.45) is 5.41 Å². The molecule has 22 heavy (non-hydrogen) atoms. The van der Waals surface area contributed by atoms with Gasteiger partial charge in [-0.25, -0.2) is 0 Å². The lowest BCUT2D eigenvalue weighted by molar-refractivity contribution is -0.159. The van der Waals surface area contributed by atoms with E-state index in [1.54, 1.807) is 13.0 Å². The van der Waals surface area contributed by atoms with Gasteiger partial charge in [0.25, 0.3) is 0 Å². The van der Waals surface area contributed by atoms with Gasteiger partial charge in [0.05, 0.1) is 24.4 Å². The average Bonchev–Trinajstić information content (AvgIpc) is 2.18. The van der Waals surface area contributed by atoms with Crippen LogP contribution in [-0.4, -0.2) is 46.9 Å². The molecule has 4 saturated heterocycles. The summed E-state index contributed by atoms with van der Waals surface area (Å²) in [4.78, 5) is 24.2. The highest BCUT2D eigenvalue weighted by Crippen LogP contribution is 2.87. The van der Waals surface area contributed by atoms with Crippen molar-refractivity contribution in [3.05, 3.63) is 11.6 Å². The van der Waals surface area contributed by atoms with Crippen molar-refractivity contribution >= 4 is 26.0 Å². The van der Waals surface area contributed by atoms with Gasteiger partial charge >= 0.3 is 5.97 Å². The lowest BCUT2D eigenvalue weighted by Crippen LogP contribution is -2.69. The molecule has 6 atom stereocenters. The second-order valence-corrected chi connectivity index (χ2v) is 14.6. The van der Waals surface area contributed by atoms with Gasteiger partial charge in [-0.3, -0.25) is 9.59 Å². The van der Waals surface area contributed by atoms with Crippen LogP contribution >= 0.6 is 14.3 Å². The normalized spacial score (nSPS) is 55.0. The van der Waals surface area contributed by atoms with Crippen LogP contribution in [-0.2, 0) is 23.5 Å². The van der Waals surface area contributed by atoms with E-state index >= 15 is 0 Å². The molecule has 0 aromatic carbocycles. The summed E-state index contributed by atoms with van der Waals surface area (Å²) in [7, 11) is -5.66. The number of hydrogen-bond donors (Lipinski definition) is 0. The van der Waals surface area contributed by atoms with Gasteiger partial charge in [-0.05, 0) is 24.8 Å². The van der Waals surface area contributed by atoms with E-state index in [2.05, 4.69) is 0 Å². The van der Waals surface area contributed by atoms with E-state index in [1.165, 1.54) is 6.92 Å². The van der Waals surface area contributed by atoms with Crippen LogP contribution in [0.5, 0.6) is 0 Å². The van der Waals surface area contributed by atoms with E-state index < -0.39 is 42.6 Å². The lowest BCUT2D eigenvalue weighted by Gasteiger charge is -2.67. The molecule has 0 aromatic heterocycles. The maximum atomic E-state index is 13.8. The number of esters is 1. The minimum Gasteiger partial charge on any atom is -0.458 e. The number of hydrogen-bond acceptors (Lipinski definition) is 5. The summed E-state index contributed by atoms with van der Waals surface area (Å²) in [5.41, 5.74) is -1.70. The Morgan fingerprint density at radius 1 is 1.32 bits per heavy atom. The maximum absolute atomic E-state index is 13.8. The number of carbonyl (C=O) groups is 2. The molecule has 0 saturated carbocycles. The summed E-state index contributed by atoms with van der Waals surface area (Å²) in [6, 6.07) is 0. The zero-order valence-corrected chi connectivity index (χ0v) is 14.8. The number of allylic oxidation sites excluding steroid dienone is 1. The zero-order valence-electron chi connectivity index (χ0n) is 13.0. The van der Waals surface area contributed by atoms with Crippen molar-refractivity contribution in [2.75, 3.05) is 18.2 Å². The molecule has 5 aliphatic heterocycles. The third kappa shape index (κ3) is 1.57. The summed E-state index contributed by atoms with van der Waals surface area (Å²) in [6.07, 6.45) is 2.88. The Hall–Kier alpha value is -0.660. The smallest absolute Gasteiger partial charge is 0.303 e. The molecule has 5 aliphatic rings. The van der Waals surface area contributed by atoms with E-state index in [0.29, 0.717) is 18.7 Å². The molecule has 6 bridgehead atoms. The number of rotatable bonds is 1. The fourth-order valence-corrected chi connectivity index (χ4v) is 18.7. The molecular formula is C15H20O5P2. The molecule has 0 radical (unpaired) electrons. The van der Waals surface area contributed by atoms with Crippen molar-refractivity contribution in [3.8, 4) is 0 Å². The van der Waals surface area contributed by atoms with Gasteiger partial charge in [-0.1, -0.05) is 12.5 Å². The van der Waals surface area contributed by atoms with E-state index in [0.717, 1.165) is 5.57 Å². The molecule has 5 heterocycles. The minimum atomic E-state index is -3.01. The molecule has 0 aliphatic carbocycles.